The monoisotopic (exact) mass is 556 g/mol. The van der Waals surface area contributed by atoms with E-state index in [9.17, 15) is 14.4 Å². The van der Waals surface area contributed by atoms with E-state index in [0.29, 0.717) is 39.4 Å². The molecule has 0 saturated carbocycles. The summed E-state index contributed by atoms with van der Waals surface area (Å²) in [6.07, 6.45) is 3.14. The average Bonchev–Trinajstić information content (AvgIpc) is 3.66. The van der Waals surface area contributed by atoms with Crippen molar-refractivity contribution in [3.63, 3.8) is 0 Å². The van der Waals surface area contributed by atoms with Crippen molar-refractivity contribution in [2.75, 3.05) is 24.3 Å². The van der Waals surface area contributed by atoms with E-state index < -0.39 is 11.9 Å². The molecule has 0 unspecified atom stereocenters. The minimum atomic E-state index is -0.622. The van der Waals surface area contributed by atoms with Crippen molar-refractivity contribution in [1.29, 1.82) is 0 Å². The van der Waals surface area contributed by atoms with Crippen molar-refractivity contribution >= 4 is 45.9 Å². The summed E-state index contributed by atoms with van der Waals surface area (Å²) in [5, 5.41) is 11.7. The molecule has 4 rings (SSSR count). The van der Waals surface area contributed by atoms with Gasteiger partial charge in [-0.15, -0.1) is 21.5 Å². The second-order valence-corrected chi connectivity index (χ2v) is 9.68. The van der Waals surface area contributed by atoms with Crippen molar-refractivity contribution in [1.82, 2.24) is 15.2 Å². The highest BCUT2D eigenvalue weighted by atomic mass is 32.2. The summed E-state index contributed by atoms with van der Waals surface area (Å²) in [5.74, 6) is -0.212. The van der Waals surface area contributed by atoms with Gasteiger partial charge in [0, 0.05) is 12.2 Å². The molecule has 4 heterocycles. The van der Waals surface area contributed by atoms with Gasteiger partial charge in [-0.3, -0.25) is 4.79 Å². The number of esters is 2. The molecule has 0 fully saturated rings. The van der Waals surface area contributed by atoms with Crippen molar-refractivity contribution < 1.29 is 32.7 Å². The Morgan fingerprint density at radius 1 is 0.974 bits per heavy atom. The van der Waals surface area contributed by atoms with E-state index in [1.165, 1.54) is 24.3 Å². The summed E-state index contributed by atoms with van der Waals surface area (Å²) in [6.45, 7) is 5.32. The number of amides is 1. The molecule has 198 valence electrons. The molecule has 38 heavy (non-hydrogen) atoms. The van der Waals surface area contributed by atoms with Crippen LogP contribution < -0.4 is 5.32 Å². The van der Waals surface area contributed by atoms with E-state index in [-0.39, 0.29) is 41.0 Å². The maximum atomic E-state index is 12.7. The predicted molar refractivity (Wildman–Crippen MR) is 140 cm³/mol. The number of hydrogen-bond donors (Lipinski definition) is 1. The first kappa shape index (κ1) is 27.1. The van der Waals surface area contributed by atoms with Crippen LogP contribution in [0.15, 0.2) is 50.8 Å². The summed E-state index contributed by atoms with van der Waals surface area (Å²) >= 11 is 2.21. The maximum Gasteiger partial charge on any atom is 0.348 e. The molecular weight excluding hydrogens is 532 g/mol. The quantitative estimate of drug-likeness (QED) is 0.191. The normalized spacial score (nSPS) is 10.8. The highest BCUT2D eigenvalue weighted by Crippen LogP contribution is 2.35. The number of nitrogens with one attached hydrogen (secondary N) is 1. The summed E-state index contributed by atoms with van der Waals surface area (Å²) in [4.78, 5) is 42.4. The van der Waals surface area contributed by atoms with Crippen molar-refractivity contribution in [3.8, 4) is 22.9 Å². The molecular formula is C25H24N4O7S2. The lowest BCUT2D eigenvalue weighted by Gasteiger charge is -2.07. The van der Waals surface area contributed by atoms with Crippen LogP contribution in [0.5, 0.6) is 0 Å². The number of anilines is 1. The number of hydrogen-bond acceptors (Lipinski definition) is 12. The summed E-state index contributed by atoms with van der Waals surface area (Å²) in [7, 11) is 0. The molecule has 4 aromatic heterocycles. The second-order valence-electron chi connectivity index (χ2n) is 7.59. The van der Waals surface area contributed by atoms with Crippen LogP contribution in [0, 0.1) is 6.92 Å². The smallest absolute Gasteiger partial charge is 0.348 e. The molecule has 4 aromatic rings. The zero-order chi connectivity index (χ0) is 27.1. The molecule has 0 bridgehead atoms. The minimum Gasteiger partial charge on any atom is -0.463 e. The van der Waals surface area contributed by atoms with Crippen LogP contribution >= 0.6 is 23.1 Å². The van der Waals surface area contributed by atoms with Crippen LogP contribution in [0.1, 0.15) is 45.9 Å². The third-order valence-corrected chi connectivity index (χ3v) is 7.10. The number of thiophene rings is 1. The van der Waals surface area contributed by atoms with Gasteiger partial charge in [0.05, 0.1) is 31.3 Å². The molecule has 0 radical (unpaired) electrons. The van der Waals surface area contributed by atoms with Crippen molar-refractivity contribution in [2.45, 2.75) is 32.3 Å². The summed E-state index contributed by atoms with van der Waals surface area (Å²) in [5.41, 5.74) is 1.44. The number of thioether (sulfide) groups is 1. The van der Waals surface area contributed by atoms with Crippen LogP contribution in [-0.2, 0) is 14.3 Å². The molecule has 0 atom stereocenters. The molecule has 13 heteroatoms. The first-order valence-corrected chi connectivity index (χ1v) is 13.5. The van der Waals surface area contributed by atoms with Gasteiger partial charge < -0.3 is 23.6 Å². The number of rotatable bonds is 11. The van der Waals surface area contributed by atoms with E-state index in [1.54, 1.807) is 45.0 Å². The van der Waals surface area contributed by atoms with Crippen LogP contribution in [-0.4, -0.2) is 52.0 Å². The molecule has 0 aliphatic rings. The van der Waals surface area contributed by atoms with Gasteiger partial charge in [-0.2, -0.15) is 0 Å². The van der Waals surface area contributed by atoms with Gasteiger partial charge in [-0.25, -0.2) is 14.6 Å². The van der Waals surface area contributed by atoms with E-state index in [4.69, 9.17) is 18.3 Å². The minimum absolute atomic E-state index is 0.0813. The van der Waals surface area contributed by atoms with E-state index in [2.05, 4.69) is 20.5 Å². The SMILES string of the molecule is CCOC(=O)c1sc(NC(=O)CCSc2nnc(-c3ccco3)c(-c3ccco3)n2)c(C(=O)OCC)c1C. The second kappa shape index (κ2) is 12.5. The van der Waals surface area contributed by atoms with Gasteiger partial charge in [-0.05, 0) is 50.6 Å². The first-order valence-electron chi connectivity index (χ1n) is 11.7. The lowest BCUT2D eigenvalue weighted by Crippen LogP contribution is -2.15. The van der Waals surface area contributed by atoms with Crippen LogP contribution in [0.2, 0.25) is 0 Å². The fraction of sp³-hybridized carbons (Fsp3) is 0.280. The van der Waals surface area contributed by atoms with Gasteiger partial charge in [0.25, 0.3) is 0 Å². The molecule has 0 aliphatic heterocycles. The lowest BCUT2D eigenvalue weighted by molar-refractivity contribution is -0.115. The maximum absolute atomic E-state index is 12.7. The summed E-state index contributed by atoms with van der Waals surface area (Å²) in [6, 6.07) is 6.99. The molecule has 1 N–H and O–H groups in total. The fourth-order valence-electron chi connectivity index (χ4n) is 3.40. The molecule has 0 aliphatic carbocycles. The van der Waals surface area contributed by atoms with E-state index in [1.807, 2.05) is 0 Å². The Labute approximate surface area is 225 Å². The van der Waals surface area contributed by atoms with Crippen LogP contribution in [0.25, 0.3) is 22.9 Å². The number of carbonyl (C=O) groups is 3. The van der Waals surface area contributed by atoms with Crippen LogP contribution in [0.3, 0.4) is 0 Å². The summed E-state index contributed by atoms with van der Waals surface area (Å²) < 4.78 is 21.1. The Bertz CT molecular complexity index is 1420. The number of carbonyl (C=O) groups excluding carboxylic acids is 3. The predicted octanol–water partition coefficient (Wildman–Crippen LogP) is 5.24. The van der Waals surface area contributed by atoms with Crippen LogP contribution in [0.4, 0.5) is 5.00 Å². The number of nitrogens with zero attached hydrogens (tertiary/aromatic N) is 3. The average molecular weight is 557 g/mol. The number of furan rings is 2. The van der Waals surface area contributed by atoms with Crippen molar-refractivity contribution in [3.05, 3.63) is 52.8 Å². The molecule has 0 spiro atoms. The Morgan fingerprint density at radius 2 is 1.63 bits per heavy atom. The zero-order valence-corrected chi connectivity index (χ0v) is 22.4. The number of aromatic nitrogens is 3. The standard InChI is InChI=1S/C25H24N4O7S2/c1-4-33-23(31)18-14(3)21(24(32)34-5-2)38-22(18)26-17(30)10-13-37-25-27-19(15-8-6-11-35-15)20(28-29-25)16-9-7-12-36-16/h6-9,11-12H,4-5,10,13H2,1-3H3,(H,26,30). The Balaban J connectivity index is 1.45. The highest BCUT2D eigenvalue weighted by Gasteiger charge is 2.27. The topological polar surface area (TPSA) is 147 Å². The van der Waals surface area contributed by atoms with Gasteiger partial charge >= 0.3 is 11.9 Å². The molecule has 11 nitrogen and oxygen atoms in total. The third kappa shape index (κ3) is 6.11. The molecule has 1 amide bonds. The molecule has 0 saturated heterocycles. The Hall–Kier alpha value is -3.97. The fourth-order valence-corrected chi connectivity index (χ4v) is 5.23. The van der Waals surface area contributed by atoms with E-state index >= 15 is 0 Å². The molecule has 0 aromatic carbocycles. The van der Waals surface area contributed by atoms with Gasteiger partial charge in [-0.1, -0.05) is 11.8 Å². The van der Waals surface area contributed by atoms with E-state index in [0.717, 1.165) is 11.3 Å². The first-order chi connectivity index (χ1) is 18.4. The van der Waals surface area contributed by atoms with Crippen molar-refractivity contribution in [2.24, 2.45) is 0 Å². The Morgan fingerprint density at radius 3 is 2.26 bits per heavy atom. The number of ether oxygens (including phenoxy) is 2. The zero-order valence-electron chi connectivity index (χ0n) is 20.8. The van der Waals surface area contributed by atoms with Gasteiger partial charge in [0.1, 0.15) is 15.6 Å². The largest absolute Gasteiger partial charge is 0.463 e. The third-order valence-electron chi connectivity index (χ3n) is 5.08. The van der Waals surface area contributed by atoms with Gasteiger partial charge in [0.2, 0.25) is 11.1 Å². The Kier molecular flexibility index (Phi) is 8.92. The van der Waals surface area contributed by atoms with Gasteiger partial charge in [0.15, 0.2) is 17.2 Å². The highest BCUT2D eigenvalue weighted by molar-refractivity contribution is 7.99. The lowest BCUT2D eigenvalue weighted by atomic mass is 10.1.